The number of carbonyl (C=O) groups is 1. The van der Waals surface area contributed by atoms with Crippen molar-refractivity contribution in [1.29, 1.82) is 0 Å². The fourth-order valence-electron chi connectivity index (χ4n) is 2.55. The maximum atomic E-state index is 11.7. The molecular weight excluding hydrogens is 278 g/mol. The molecule has 0 aliphatic carbocycles. The molecule has 5 nitrogen and oxygen atoms in total. The third kappa shape index (κ3) is 5.56. The minimum absolute atomic E-state index is 0.386. The third-order valence-corrected chi connectivity index (χ3v) is 3.52. The number of alkyl carbamates (subject to hydrolysis) is 1. The Balaban J connectivity index is 1.85. The number of ether oxygens (including phenoxy) is 1. The zero-order valence-electron chi connectivity index (χ0n) is 14.0. The van der Waals surface area contributed by atoms with Crippen molar-refractivity contribution < 1.29 is 9.53 Å². The fraction of sp³-hybridized carbons (Fsp3) is 0.588. The second-order valence-electron chi connectivity index (χ2n) is 6.95. The molecule has 0 saturated carbocycles. The molecule has 0 aromatic heterocycles. The molecule has 1 fully saturated rings. The number of nitrogens with zero attached hydrogens (tertiary/aromatic N) is 1. The van der Waals surface area contributed by atoms with Crippen LogP contribution in [-0.2, 0) is 11.3 Å². The van der Waals surface area contributed by atoms with Gasteiger partial charge in [0.2, 0.25) is 0 Å². The maximum absolute atomic E-state index is 11.7. The van der Waals surface area contributed by atoms with Gasteiger partial charge in [0, 0.05) is 24.8 Å². The largest absolute Gasteiger partial charge is 0.444 e. The summed E-state index contributed by atoms with van der Waals surface area (Å²) in [4.78, 5) is 14.0. The second kappa shape index (κ2) is 7.01. The summed E-state index contributed by atoms with van der Waals surface area (Å²) in [6.07, 6.45) is 0.778. The monoisotopic (exact) mass is 305 g/mol. The Hall–Kier alpha value is -1.75. The van der Waals surface area contributed by atoms with Gasteiger partial charge in [-0.15, -0.1) is 0 Å². The van der Waals surface area contributed by atoms with E-state index in [1.807, 2.05) is 32.9 Å². The molecule has 1 saturated heterocycles. The van der Waals surface area contributed by atoms with E-state index in [2.05, 4.69) is 34.7 Å². The molecule has 1 unspecified atom stereocenters. The van der Waals surface area contributed by atoms with Crippen molar-refractivity contribution in [3.05, 3.63) is 29.8 Å². The number of hydrogen-bond donors (Lipinski definition) is 2. The van der Waals surface area contributed by atoms with Crippen LogP contribution in [-0.4, -0.2) is 42.8 Å². The van der Waals surface area contributed by atoms with E-state index in [0.29, 0.717) is 12.6 Å². The Morgan fingerprint density at radius 2 is 2.18 bits per heavy atom. The molecule has 2 N–H and O–H groups in total. The van der Waals surface area contributed by atoms with Gasteiger partial charge in [-0.05, 0) is 58.5 Å². The second-order valence-corrected chi connectivity index (χ2v) is 6.95. The van der Waals surface area contributed by atoms with Crippen LogP contribution in [0.4, 0.5) is 10.5 Å². The van der Waals surface area contributed by atoms with Crippen LogP contribution in [0.5, 0.6) is 0 Å². The molecule has 22 heavy (non-hydrogen) atoms. The van der Waals surface area contributed by atoms with Crippen molar-refractivity contribution in [3.8, 4) is 0 Å². The highest BCUT2D eigenvalue weighted by atomic mass is 16.6. The normalized spacial score (nSPS) is 19.0. The summed E-state index contributed by atoms with van der Waals surface area (Å²) in [6, 6.07) is 8.65. The molecule has 2 rings (SSSR count). The van der Waals surface area contributed by atoms with E-state index in [1.54, 1.807) is 0 Å². The Kier molecular flexibility index (Phi) is 5.29. The van der Waals surface area contributed by atoms with Gasteiger partial charge in [-0.1, -0.05) is 12.1 Å². The van der Waals surface area contributed by atoms with Crippen molar-refractivity contribution in [1.82, 2.24) is 10.2 Å². The smallest absolute Gasteiger partial charge is 0.407 e. The predicted octanol–water partition coefficient (Wildman–Crippen LogP) is 2.83. The van der Waals surface area contributed by atoms with Gasteiger partial charge in [0.15, 0.2) is 0 Å². The first-order chi connectivity index (χ1) is 10.3. The van der Waals surface area contributed by atoms with Gasteiger partial charge in [-0.2, -0.15) is 0 Å². The molecule has 1 aromatic rings. The number of carbonyl (C=O) groups excluding carboxylic acids is 1. The lowest BCUT2D eigenvalue weighted by molar-refractivity contribution is 0.0523. The first-order valence-electron chi connectivity index (χ1n) is 7.83. The molecule has 1 aromatic carbocycles. The Morgan fingerprint density at radius 3 is 2.82 bits per heavy atom. The summed E-state index contributed by atoms with van der Waals surface area (Å²) < 4.78 is 5.24. The van der Waals surface area contributed by atoms with Gasteiger partial charge in [0.25, 0.3) is 0 Å². The molecule has 0 spiro atoms. The van der Waals surface area contributed by atoms with E-state index >= 15 is 0 Å². The van der Waals surface area contributed by atoms with Crippen LogP contribution in [0, 0.1) is 0 Å². The van der Waals surface area contributed by atoms with Crippen LogP contribution in [0.25, 0.3) is 0 Å². The summed E-state index contributed by atoms with van der Waals surface area (Å²) in [6.45, 7) is 8.24. The van der Waals surface area contributed by atoms with Gasteiger partial charge in [0.05, 0.1) is 0 Å². The van der Waals surface area contributed by atoms with Crippen LogP contribution in [0.2, 0.25) is 0 Å². The molecule has 1 heterocycles. The number of hydrogen-bond acceptors (Lipinski definition) is 4. The topological polar surface area (TPSA) is 53.6 Å². The average molecular weight is 305 g/mol. The number of likely N-dealkylation sites (tertiary alicyclic amines) is 1. The van der Waals surface area contributed by atoms with E-state index < -0.39 is 5.60 Å². The van der Waals surface area contributed by atoms with Crippen molar-refractivity contribution in [2.75, 3.05) is 25.5 Å². The Morgan fingerprint density at radius 1 is 1.41 bits per heavy atom. The Bertz CT molecular complexity index is 511. The van der Waals surface area contributed by atoms with Gasteiger partial charge < -0.3 is 20.3 Å². The minimum Gasteiger partial charge on any atom is -0.444 e. The van der Waals surface area contributed by atoms with Gasteiger partial charge in [0.1, 0.15) is 5.60 Å². The molecule has 0 bridgehead atoms. The lowest BCUT2D eigenvalue weighted by Crippen LogP contribution is -2.32. The fourth-order valence-corrected chi connectivity index (χ4v) is 2.55. The highest BCUT2D eigenvalue weighted by Gasteiger charge is 2.19. The van der Waals surface area contributed by atoms with Gasteiger partial charge in [-0.25, -0.2) is 4.79 Å². The number of nitrogens with one attached hydrogen (secondary N) is 2. The molecule has 122 valence electrons. The van der Waals surface area contributed by atoms with Crippen LogP contribution in [0.1, 0.15) is 32.8 Å². The standard InChI is InChI=1S/C17H27N3O2/c1-17(2,3)22-16(21)18-11-13-6-5-7-14(10-13)19-15-8-9-20(4)12-15/h5-7,10,15,19H,8-9,11-12H2,1-4H3,(H,18,21). The first-order valence-corrected chi connectivity index (χ1v) is 7.83. The quantitative estimate of drug-likeness (QED) is 0.898. The lowest BCUT2D eigenvalue weighted by Gasteiger charge is -2.20. The number of likely N-dealkylation sites (N-methyl/N-ethyl adjacent to an activating group) is 1. The molecular formula is C17H27N3O2. The maximum Gasteiger partial charge on any atom is 0.407 e. The van der Waals surface area contributed by atoms with E-state index in [-0.39, 0.29) is 6.09 Å². The molecule has 1 aliphatic heterocycles. The molecule has 0 radical (unpaired) electrons. The van der Waals surface area contributed by atoms with E-state index in [1.165, 1.54) is 0 Å². The van der Waals surface area contributed by atoms with Crippen LogP contribution >= 0.6 is 0 Å². The van der Waals surface area contributed by atoms with Crippen molar-refractivity contribution in [2.24, 2.45) is 0 Å². The van der Waals surface area contributed by atoms with Crippen molar-refractivity contribution >= 4 is 11.8 Å². The summed E-state index contributed by atoms with van der Waals surface area (Å²) >= 11 is 0. The molecule has 1 atom stereocenters. The zero-order valence-corrected chi connectivity index (χ0v) is 14.0. The minimum atomic E-state index is -0.470. The first kappa shape index (κ1) is 16.6. The highest BCUT2D eigenvalue weighted by molar-refractivity contribution is 5.67. The molecule has 5 heteroatoms. The summed E-state index contributed by atoms with van der Waals surface area (Å²) in [7, 11) is 2.14. The van der Waals surface area contributed by atoms with Crippen LogP contribution < -0.4 is 10.6 Å². The SMILES string of the molecule is CN1CCC(Nc2cccc(CNC(=O)OC(C)(C)C)c2)C1. The summed E-state index contributed by atoms with van der Waals surface area (Å²) in [5.74, 6) is 0. The van der Waals surface area contributed by atoms with Crippen LogP contribution in [0.3, 0.4) is 0 Å². The highest BCUT2D eigenvalue weighted by Crippen LogP contribution is 2.16. The summed E-state index contributed by atoms with van der Waals surface area (Å²) in [5.41, 5.74) is 1.69. The van der Waals surface area contributed by atoms with Gasteiger partial charge >= 0.3 is 6.09 Å². The van der Waals surface area contributed by atoms with Crippen molar-refractivity contribution in [2.45, 2.75) is 45.4 Å². The zero-order chi connectivity index (χ0) is 16.2. The predicted molar refractivity (Wildman–Crippen MR) is 89.0 cm³/mol. The van der Waals surface area contributed by atoms with E-state index in [4.69, 9.17) is 4.74 Å². The number of anilines is 1. The van der Waals surface area contributed by atoms with E-state index in [9.17, 15) is 4.79 Å². The van der Waals surface area contributed by atoms with Crippen LogP contribution in [0.15, 0.2) is 24.3 Å². The number of benzene rings is 1. The van der Waals surface area contributed by atoms with Crippen molar-refractivity contribution in [3.63, 3.8) is 0 Å². The lowest BCUT2D eigenvalue weighted by atomic mass is 10.1. The van der Waals surface area contributed by atoms with E-state index in [0.717, 1.165) is 30.8 Å². The Labute approximate surface area is 133 Å². The number of rotatable bonds is 4. The van der Waals surface area contributed by atoms with Gasteiger partial charge in [-0.3, -0.25) is 0 Å². The third-order valence-electron chi connectivity index (χ3n) is 3.52. The molecule has 1 aliphatic rings. The average Bonchev–Trinajstić information content (AvgIpc) is 2.80. The number of amides is 1. The molecule has 1 amide bonds. The summed E-state index contributed by atoms with van der Waals surface area (Å²) in [5, 5.41) is 6.34.